The van der Waals surface area contributed by atoms with E-state index in [0.717, 1.165) is 37.5 Å². The first kappa shape index (κ1) is 46.8. The topological polar surface area (TPSA) is 275 Å². The lowest BCUT2D eigenvalue weighted by molar-refractivity contribution is -0.144. The van der Waals surface area contributed by atoms with Gasteiger partial charge in [-0.2, -0.15) is 0 Å². The van der Waals surface area contributed by atoms with Crippen LogP contribution in [0.4, 0.5) is 4.79 Å². The van der Waals surface area contributed by atoms with Crippen LogP contribution in [0.1, 0.15) is 108 Å². The van der Waals surface area contributed by atoms with Crippen molar-refractivity contribution in [3.8, 4) is 0 Å². The van der Waals surface area contributed by atoms with Gasteiger partial charge in [0.1, 0.15) is 29.5 Å². The zero-order valence-electron chi connectivity index (χ0n) is 32.4. The van der Waals surface area contributed by atoms with Crippen molar-refractivity contribution in [3.05, 3.63) is 36.4 Å². The van der Waals surface area contributed by atoms with Crippen molar-refractivity contribution in [2.75, 3.05) is 13.1 Å². The van der Waals surface area contributed by atoms with E-state index < -0.39 is 54.3 Å². The fourth-order valence-electron chi connectivity index (χ4n) is 6.02. The van der Waals surface area contributed by atoms with Gasteiger partial charge in [-0.15, -0.1) is 0 Å². The fourth-order valence-corrected chi connectivity index (χ4v) is 6.02. The van der Waals surface area contributed by atoms with Crippen LogP contribution in [-0.2, 0) is 56.0 Å². The quantitative estimate of drug-likeness (QED) is 0.0541. The van der Waals surface area contributed by atoms with Gasteiger partial charge >= 0.3 is 29.9 Å². The molecule has 2 aromatic heterocycles. The molecule has 7 N–H and O–H groups in total. The maximum atomic E-state index is 12.6. The maximum absolute atomic E-state index is 12.6. The van der Waals surface area contributed by atoms with E-state index >= 15 is 0 Å². The molecule has 3 amide bonds. The van der Waals surface area contributed by atoms with Crippen LogP contribution in [0.15, 0.2) is 24.8 Å². The molecule has 0 spiro atoms. The number of hydrogen-bond acceptors (Lipinski definition) is 10. The molecule has 0 radical (unpaired) electrons. The van der Waals surface area contributed by atoms with Crippen LogP contribution in [0.3, 0.4) is 0 Å². The molecule has 0 aromatic carbocycles. The van der Waals surface area contributed by atoms with E-state index in [9.17, 15) is 43.8 Å². The second-order valence-corrected chi connectivity index (χ2v) is 14.0. The van der Waals surface area contributed by atoms with Gasteiger partial charge in [-0.05, 0) is 57.9 Å². The minimum Gasteiger partial charge on any atom is -0.481 e. The van der Waals surface area contributed by atoms with E-state index in [4.69, 9.17) is 10.2 Å². The van der Waals surface area contributed by atoms with Crippen LogP contribution < -0.4 is 16.0 Å². The number of amides is 3. The predicted octanol–water partition coefficient (Wildman–Crippen LogP) is 2.68. The number of carboxylic acid groups (broad SMARTS) is 4. The predicted molar refractivity (Wildman–Crippen MR) is 201 cm³/mol. The lowest BCUT2D eigenvalue weighted by Gasteiger charge is -2.22. The van der Waals surface area contributed by atoms with E-state index in [-0.39, 0.29) is 43.8 Å². The van der Waals surface area contributed by atoms with Crippen LogP contribution in [0.2, 0.25) is 0 Å². The Morgan fingerprint density at radius 1 is 0.661 bits per heavy atom. The second-order valence-electron chi connectivity index (χ2n) is 14.0. The van der Waals surface area contributed by atoms with Crippen LogP contribution >= 0.6 is 0 Å². The number of aromatic nitrogens is 4. The summed E-state index contributed by atoms with van der Waals surface area (Å²) in [5, 5.41) is 44.1. The van der Waals surface area contributed by atoms with Gasteiger partial charge in [0.25, 0.3) is 0 Å². The van der Waals surface area contributed by atoms with Crippen molar-refractivity contribution in [2.45, 2.75) is 121 Å². The third kappa shape index (κ3) is 19.3. The summed E-state index contributed by atoms with van der Waals surface area (Å²) in [4.78, 5) is 93.5. The number of carbonyl (C=O) groups is 7. The standard InChI is InChI=1S/C37H58N8O11/c1-43-21-18-38-30(43)24-45(25-31-39-19-22-44(31)2)20-10-8-11-26(34(50)51)23-27(46)12-5-3-4-6-14-32(47)40-17-9-7-13-28(35(52)53)41-37(56)42-29(36(54)55)15-16-33(48)49/h18-19,21-22,26,28-29H,3-17,20,23-25H2,1-2H3,(H,40,47)(H,48,49)(H,50,51)(H,52,53)(H,54,55)(H2,41,42,56)/t26-,28+,29+/m1/s1. The number of imidazole rings is 2. The van der Waals surface area contributed by atoms with Gasteiger partial charge in [0.15, 0.2) is 0 Å². The van der Waals surface area contributed by atoms with Gasteiger partial charge in [-0.3, -0.25) is 24.1 Å². The molecular weight excluding hydrogens is 732 g/mol. The molecule has 19 heteroatoms. The number of Topliss-reactive ketones (excluding diaryl/α,β-unsaturated/α-hetero) is 1. The molecule has 0 saturated heterocycles. The summed E-state index contributed by atoms with van der Waals surface area (Å²) >= 11 is 0. The number of nitrogens with zero attached hydrogens (tertiary/aromatic N) is 5. The van der Waals surface area contributed by atoms with Crippen molar-refractivity contribution in [1.82, 2.24) is 40.0 Å². The van der Waals surface area contributed by atoms with E-state index in [1.54, 1.807) is 12.4 Å². The summed E-state index contributed by atoms with van der Waals surface area (Å²) in [6, 6.07) is -3.85. The summed E-state index contributed by atoms with van der Waals surface area (Å²) in [5.74, 6) is -4.12. The molecule has 0 saturated carbocycles. The van der Waals surface area contributed by atoms with Crippen molar-refractivity contribution in [1.29, 1.82) is 0 Å². The summed E-state index contributed by atoms with van der Waals surface area (Å²) in [6.07, 6.45) is 12.3. The number of ketones is 1. The molecule has 19 nitrogen and oxygen atoms in total. The normalized spacial score (nSPS) is 12.8. The molecule has 2 aromatic rings. The van der Waals surface area contributed by atoms with E-state index in [1.165, 1.54) is 0 Å². The highest BCUT2D eigenvalue weighted by atomic mass is 16.4. The minimum absolute atomic E-state index is 0.00174. The molecule has 3 atom stereocenters. The first-order valence-corrected chi connectivity index (χ1v) is 19.1. The Balaban J connectivity index is 1.58. The van der Waals surface area contributed by atoms with E-state index in [2.05, 4.69) is 30.8 Å². The lowest BCUT2D eigenvalue weighted by Crippen LogP contribution is -2.51. The Morgan fingerprint density at radius 2 is 1.21 bits per heavy atom. The molecular formula is C37H58N8O11. The monoisotopic (exact) mass is 790 g/mol. The maximum Gasteiger partial charge on any atom is 0.326 e. The highest BCUT2D eigenvalue weighted by molar-refractivity contribution is 5.86. The van der Waals surface area contributed by atoms with Gasteiger partial charge in [0.2, 0.25) is 5.91 Å². The van der Waals surface area contributed by atoms with Crippen molar-refractivity contribution >= 4 is 41.6 Å². The number of hydrogen-bond donors (Lipinski definition) is 7. The Morgan fingerprint density at radius 3 is 1.73 bits per heavy atom. The Labute approximate surface area is 326 Å². The Hall–Kier alpha value is -5.33. The van der Waals surface area contributed by atoms with Crippen molar-refractivity contribution in [3.63, 3.8) is 0 Å². The van der Waals surface area contributed by atoms with Crippen LogP contribution in [0.25, 0.3) is 0 Å². The number of aliphatic carboxylic acids is 4. The number of carboxylic acids is 4. The van der Waals surface area contributed by atoms with Gasteiger partial charge in [-0.1, -0.05) is 19.3 Å². The molecule has 0 bridgehead atoms. The largest absolute Gasteiger partial charge is 0.481 e. The highest BCUT2D eigenvalue weighted by Gasteiger charge is 2.25. The fraction of sp³-hybridized carbons (Fsp3) is 0.649. The van der Waals surface area contributed by atoms with E-state index in [1.807, 2.05) is 35.6 Å². The number of urea groups is 1. The molecule has 312 valence electrons. The first-order chi connectivity index (χ1) is 26.7. The number of aryl methyl sites for hydroxylation is 2. The van der Waals surface area contributed by atoms with E-state index in [0.29, 0.717) is 58.2 Å². The summed E-state index contributed by atoms with van der Waals surface area (Å²) in [7, 11) is 3.89. The van der Waals surface area contributed by atoms with Gasteiger partial charge in [-0.25, -0.2) is 24.4 Å². The average molecular weight is 791 g/mol. The molecule has 0 aliphatic carbocycles. The van der Waals surface area contributed by atoms with Crippen LogP contribution in [0.5, 0.6) is 0 Å². The number of unbranched alkanes of at least 4 members (excludes halogenated alkanes) is 5. The smallest absolute Gasteiger partial charge is 0.326 e. The zero-order chi connectivity index (χ0) is 41.5. The molecule has 0 fully saturated rings. The molecule has 56 heavy (non-hydrogen) atoms. The summed E-state index contributed by atoms with van der Waals surface area (Å²) in [5.41, 5.74) is 0. The number of carbonyl (C=O) groups excluding carboxylic acids is 3. The molecule has 2 rings (SSSR count). The first-order valence-electron chi connectivity index (χ1n) is 19.1. The van der Waals surface area contributed by atoms with Crippen LogP contribution in [0, 0.1) is 5.92 Å². The molecule has 2 heterocycles. The molecule has 0 unspecified atom stereocenters. The Bertz CT molecular complexity index is 1530. The summed E-state index contributed by atoms with van der Waals surface area (Å²) in [6.45, 7) is 2.28. The van der Waals surface area contributed by atoms with Crippen LogP contribution in [-0.4, -0.2) is 111 Å². The highest BCUT2D eigenvalue weighted by Crippen LogP contribution is 2.18. The second kappa shape index (κ2) is 25.7. The summed E-state index contributed by atoms with van der Waals surface area (Å²) < 4.78 is 3.94. The van der Waals surface area contributed by atoms with Crippen molar-refractivity contribution in [2.24, 2.45) is 20.0 Å². The lowest BCUT2D eigenvalue weighted by atomic mass is 9.94. The zero-order valence-corrected chi connectivity index (χ0v) is 32.4. The van der Waals surface area contributed by atoms with Gasteiger partial charge in [0.05, 0.1) is 19.0 Å². The molecule has 0 aliphatic heterocycles. The third-order valence-corrected chi connectivity index (χ3v) is 9.38. The number of nitrogens with one attached hydrogen (secondary N) is 3. The third-order valence-electron chi connectivity index (χ3n) is 9.38. The van der Waals surface area contributed by atoms with Gasteiger partial charge < -0.3 is 45.5 Å². The molecule has 0 aliphatic rings. The minimum atomic E-state index is -1.49. The van der Waals surface area contributed by atoms with Crippen molar-refractivity contribution < 1.29 is 54.0 Å². The van der Waals surface area contributed by atoms with Gasteiger partial charge in [0, 0.05) is 71.1 Å². The average Bonchev–Trinajstić information content (AvgIpc) is 3.73. The number of rotatable bonds is 31. The Kier molecular flexibility index (Phi) is 21.5. The SMILES string of the molecule is Cn1ccnc1CN(CCCC[C@H](CC(=O)CCCCCCC(=O)NCCCC[C@H](NC(=O)N[C@@H](CCC(=O)O)C(=O)O)C(=O)O)C(=O)O)Cc1nccn1C.